The smallest absolute Gasteiger partial charge is 0.404 e. The third-order valence-corrected chi connectivity index (χ3v) is 4.50. The number of hydrogen-bond acceptors (Lipinski definition) is 4. The van der Waals surface area contributed by atoms with Crippen molar-refractivity contribution in [3.63, 3.8) is 0 Å². The number of pyridine rings is 1. The Bertz CT molecular complexity index is 648. The van der Waals surface area contributed by atoms with E-state index in [0.717, 1.165) is 12.8 Å². The highest BCUT2D eigenvalue weighted by atomic mass is 35.5. The van der Waals surface area contributed by atoms with Crippen LogP contribution in [-0.2, 0) is 0 Å². The van der Waals surface area contributed by atoms with Gasteiger partial charge in [0.05, 0.1) is 17.1 Å². The number of anilines is 1. The van der Waals surface area contributed by atoms with Crippen LogP contribution in [0.1, 0.15) is 18.4 Å². The Morgan fingerprint density at radius 1 is 1.62 bits per heavy atom. The lowest BCUT2D eigenvalue weighted by atomic mass is 10.1. The molecule has 6 nitrogen and oxygen atoms in total. The number of nitrogens with one attached hydrogen (secondary N) is 1. The standard InChI is InChI=1S/C13H12ClFN4O2/c14-8-4-17-12(10(15)7(8)3-16)19-5-6-1-2-9(19)11(6)18-13(20)21/h4,6,9,11,18H,1-2,5H2,(H,20,21). The molecule has 1 saturated heterocycles. The first-order chi connectivity index (χ1) is 10.0. The highest BCUT2D eigenvalue weighted by Gasteiger charge is 2.48. The first-order valence-corrected chi connectivity index (χ1v) is 6.91. The topological polar surface area (TPSA) is 89.3 Å². The molecule has 8 heteroatoms. The summed E-state index contributed by atoms with van der Waals surface area (Å²) < 4.78 is 14.4. The SMILES string of the molecule is N#Cc1c(Cl)cnc(N2CC3CCC2C3NC(=O)O)c1F. The van der Waals surface area contributed by atoms with Gasteiger partial charge in [-0.05, 0) is 18.8 Å². The molecule has 2 heterocycles. The third kappa shape index (κ3) is 2.16. The molecule has 3 rings (SSSR count). The molecule has 1 aromatic heterocycles. The van der Waals surface area contributed by atoms with Crippen molar-refractivity contribution in [2.24, 2.45) is 5.92 Å². The van der Waals surface area contributed by atoms with Gasteiger partial charge in [-0.3, -0.25) is 0 Å². The number of carboxylic acid groups (broad SMARTS) is 1. The van der Waals surface area contributed by atoms with E-state index in [0.29, 0.717) is 6.54 Å². The summed E-state index contributed by atoms with van der Waals surface area (Å²) in [6.45, 7) is 0.520. The van der Waals surface area contributed by atoms with Crippen LogP contribution >= 0.6 is 11.6 Å². The van der Waals surface area contributed by atoms with Crippen molar-refractivity contribution in [2.45, 2.75) is 24.9 Å². The van der Waals surface area contributed by atoms with Gasteiger partial charge in [-0.15, -0.1) is 0 Å². The number of amides is 1. The van der Waals surface area contributed by atoms with E-state index >= 15 is 0 Å². The van der Waals surface area contributed by atoms with Gasteiger partial charge in [-0.25, -0.2) is 14.2 Å². The second-order valence-electron chi connectivity index (χ2n) is 5.26. The maximum absolute atomic E-state index is 14.4. The minimum absolute atomic E-state index is 0.0247. The van der Waals surface area contributed by atoms with Gasteiger partial charge in [0.15, 0.2) is 11.6 Å². The van der Waals surface area contributed by atoms with Crippen molar-refractivity contribution in [3.8, 4) is 6.07 Å². The van der Waals surface area contributed by atoms with Crippen LogP contribution in [0.2, 0.25) is 5.02 Å². The first kappa shape index (κ1) is 13.9. The largest absolute Gasteiger partial charge is 0.465 e. The fourth-order valence-electron chi connectivity index (χ4n) is 3.36. The number of halogens is 2. The number of nitriles is 1. The Morgan fingerprint density at radius 3 is 3.05 bits per heavy atom. The molecule has 1 aliphatic heterocycles. The van der Waals surface area contributed by atoms with E-state index in [9.17, 15) is 9.18 Å². The zero-order valence-corrected chi connectivity index (χ0v) is 11.6. The average Bonchev–Trinajstić information content (AvgIpc) is 2.96. The van der Waals surface area contributed by atoms with E-state index in [-0.39, 0.29) is 34.4 Å². The number of fused-ring (bicyclic) bond motifs is 2. The molecule has 0 spiro atoms. The van der Waals surface area contributed by atoms with E-state index < -0.39 is 11.9 Å². The summed E-state index contributed by atoms with van der Waals surface area (Å²) in [5, 5.41) is 20.3. The Hall–Kier alpha value is -2.07. The Morgan fingerprint density at radius 2 is 2.38 bits per heavy atom. The molecule has 21 heavy (non-hydrogen) atoms. The van der Waals surface area contributed by atoms with E-state index in [2.05, 4.69) is 10.3 Å². The highest BCUT2D eigenvalue weighted by Crippen LogP contribution is 2.41. The minimum atomic E-state index is -1.08. The van der Waals surface area contributed by atoms with Gasteiger partial charge in [-0.1, -0.05) is 11.6 Å². The number of rotatable bonds is 2. The highest BCUT2D eigenvalue weighted by molar-refractivity contribution is 6.31. The summed E-state index contributed by atoms with van der Waals surface area (Å²) in [5.41, 5.74) is -0.229. The normalized spacial score (nSPS) is 26.7. The Labute approximate surface area is 125 Å². The van der Waals surface area contributed by atoms with Gasteiger partial charge in [-0.2, -0.15) is 5.26 Å². The molecule has 1 saturated carbocycles. The lowest BCUT2D eigenvalue weighted by Gasteiger charge is -2.28. The molecule has 0 aromatic carbocycles. The monoisotopic (exact) mass is 310 g/mol. The summed E-state index contributed by atoms with van der Waals surface area (Å²) in [4.78, 5) is 16.6. The van der Waals surface area contributed by atoms with Gasteiger partial charge in [0.2, 0.25) is 0 Å². The molecule has 1 aromatic rings. The number of carbonyl (C=O) groups is 1. The third-order valence-electron chi connectivity index (χ3n) is 4.22. The number of aromatic nitrogens is 1. The van der Waals surface area contributed by atoms with Crippen molar-refractivity contribution in [1.82, 2.24) is 10.3 Å². The van der Waals surface area contributed by atoms with Gasteiger partial charge in [0.1, 0.15) is 11.6 Å². The molecule has 3 unspecified atom stereocenters. The first-order valence-electron chi connectivity index (χ1n) is 6.53. The molecule has 0 radical (unpaired) electrons. The molecule has 2 N–H and O–H groups in total. The second-order valence-corrected chi connectivity index (χ2v) is 5.67. The van der Waals surface area contributed by atoms with Crippen LogP contribution in [0, 0.1) is 23.1 Å². The van der Waals surface area contributed by atoms with Crippen molar-refractivity contribution >= 4 is 23.5 Å². The summed E-state index contributed by atoms with van der Waals surface area (Å²) >= 11 is 5.75. The molecule has 1 amide bonds. The maximum atomic E-state index is 14.4. The molecule has 1 aliphatic carbocycles. The molecular weight excluding hydrogens is 299 g/mol. The fraction of sp³-hybridized carbons (Fsp3) is 0.462. The van der Waals surface area contributed by atoms with Crippen molar-refractivity contribution in [3.05, 3.63) is 22.6 Å². The zero-order chi connectivity index (χ0) is 15.1. The number of piperidine rings is 1. The van der Waals surface area contributed by atoms with Crippen LogP contribution in [-0.4, -0.2) is 34.8 Å². The van der Waals surface area contributed by atoms with Crippen LogP contribution in [0.4, 0.5) is 15.0 Å². The lowest BCUT2D eigenvalue weighted by molar-refractivity contribution is 0.188. The molecule has 2 fully saturated rings. The zero-order valence-electron chi connectivity index (χ0n) is 10.9. The Balaban J connectivity index is 1.93. The van der Waals surface area contributed by atoms with E-state index in [1.54, 1.807) is 11.0 Å². The van der Waals surface area contributed by atoms with Crippen molar-refractivity contribution in [2.75, 3.05) is 11.4 Å². The minimum Gasteiger partial charge on any atom is -0.465 e. The van der Waals surface area contributed by atoms with Gasteiger partial charge < -0.3 is 15.3 Å². The molecule has 110 valence electrons. The molecule has 2 aliphatic rings. The predicted octanol–water partition coefficient (Wildman–Crippen LogP) is 1.98. The van der Waals surface area contributed by atoms with Gasteiger partial charge in [0.25, 0.3) is 0 Å². The fourth-order valence-corrected chi connectivity index (χ4v) is 3.53. The molecule has 3 atom stereocenters. The summed E-state index contributed by atoms with van der Waals surface area (Å²) in [5.74, 6) is -0.541. The quantitative estimate of drug-likeness (QED) is 0.872. The van der Waals surface area contributed by atoms with E-state index in [1.165, 1.54) is 6.20 Å². The van der Waals surface area contributed by atoms with Crippen LogP contribution in [0.25, 0.3) is 0 Å². The number of nitrogens with zero attached hydrogens (tertiary/aromatic N) is 3. The summed E-state index contributed by atoms with van der Waals surface area (Å²) in [6, 6.07) is 1.36. The Kier molecular flexibility index (Phi) is 3.33. The number of hydrogen-bond donors (Lipinski definition) is 2. The molecular formula is C13H12ClFN4O2. The van der Waals surface area contributed by atoms with Crippen molar-refractivity contribution in [1.29, 1.82) is 5.26 Å². The van der Waals surface area contributed by atoms with Crippen molar-refractivity contribution < 1.29 is 14.3 Å². The van der Waals surface area contributed by atoms with Crippen LogP contribution in [0.3, 0.4) is 0 Å². The van der Waals surface area contributed by atoms with Gasteiger partial charge in [0, 0.05) is 12.7 Å². The van der Waals surface area contributed by atoms with E-state index in [1.807, 2.05) is 0 Å². The van der Waals surface area contributed by atoms with Crippen LogP contribution < -0.4 is 10.2 Å². The maximum Gasteiger partial charge on any atom is 0.404 e. The lowest BCUT2D eigenvalue weighted by Crippen LogP contribution is -2.43. The summed E-state index contributed by atoms with van der Waals surface area (Å²) in [6.07, 6.45) is 1.83. The summed E-state index contributed by atoms with van der Waals surface area (Å²) in [7, 11) is 0. The average molecular weight is 311 g/mol. The molecule has 2 bridgehead atoms. The van der Waals surface area contributed by atoms with Crippen LogP contribution in [0.15, 0.2) is 6.20 Å². The van der Waals surface area contributed by atoms with Gasteiger partial charge >= 0.3 is 6.09 Å². The van der Waals surface area contributed by atoms with Crippen LogP contribution in [0.5, 0.6) is 0 Å². The van der Waals surface area contributed by atoms with E-state index in [4.69, 9.17) is 22.0 Å². The predicted molar refractivity (Wildman–Crippen MR) is 72.7 cm³/mol. The second kappa shape index (κ2) is 5.04.